The molecule has 0 unspecified atom stereocenters. The Hall–Kier alpha value is -3.19. The second kappa shape index (κ2) is 9.53. The van der Waals surface area contributed by atoms with Crippen molar-refractivity contribution in [1.29, 1.82) is 0 Å². The quantitative estimate of drug-likeness (QED) is 0.596. The number of para-hydroxylation sites is 1. The van der Waals surface area contributed by atoms with E-state index in [0.29, 0.717) is 42.8 Å². The molecule has 0 bridgehead atoms. The molecule has 2 heterocycles. The minimum atomic E-state index is -0.199. The van der Waals surface area contributed by atoms with Gasteiger partial charge in [-0.2, -0.15) is 5.10 Å². The molecule has 1 aliphatic heterocycles. The molecule has 1 saturated heterocycles. The van der Waals surface area contributed by atoms with E-state index in [9.17, 15) is 9.59 Å². The van der Waals surface area contributed by atoms with E-state index in [1.807, 2.05) is 38.1 Å². The lowest BCUT2D eigenvalue weighted by Crippen LogP contribution is -2.37. The van der Waals surface area contributed by atoms with Crippen molar-refractivity contribution < 1.29 is 9.53 Å². The highest BCUT2D eigenvalue weighted by atomic mass is 16.5. The number of amides is 1. The summed E-state index contributed by atoms with van der Waals surface area (Å²) in [5, 5.41) is 5.62. The van der Waals surface area contributed by atoms with Gasteiger partial charge < -0.3 is 14.5 Å². The van der Waals surface area contributed by atoms with E-state index in [2.05, 4.69) is 22.1 Å². The Labute approximate surface area is 188 Å². The third kappa shape index (κ3) is 4.53. The standard InChI is InChI=1S/C25H30N4O3/c1-18(2)16-29-24(30)21-10-6-5-9-20(21)23(26-29)25(31)27(3)17-19-8-4-7-11-22(19)28-12-14-32-15-13-28/h4-11,18H,12-17H2,1-3H3. The highest BCUT2D eigenvalue weighted by Gasteiger charge is 2.22. The molecule has 1 aliphatic rings. The predicted octanol–water partition coefficient (Wildman–Crippen LogP) is 3.16. The molecule has 168 valence electrons. The summed E-state index contributed by atoms with van der Waals surface area (Å²) in [6.07, 6.45) is 0. The fraction of sp³-hybridized carbons (Fsp3) is 0.400. The van der Waals surface area contributed by atoms with Gasteiger partial charge in [0.05, 0.1) is 18.6 Å². The van der Waals surface area contributed by atoms with Crippen molar-refractivity contribution in [3.8, 4) is 0 Å². The van der Waals surface area contributed by atoms with Crippen LogP contribution >= 0.6 is 0 Å². The molecule has 0 atom stereocenters. The Morgan fingerprint density at radius 3 is 2.44 bits per heavy atom. The summed E-state index contributed by atoms with van der Waals surface area (Å²) in [6.45, 7) is 8.05. The molecular formula is C25H30N4O3. The maximum Gasteiger partial charge on any atom is 0.274 e. The van der Waals surface area contributed by atoms with Crippen molar-refractivity contribution >= 4 is 22.4 Å². The molecule has 7 nitrogen and oxygen atoms in total. The van der Waals surface area contributed by atoms with Crippen LogP contribution in [0.5, 0.6) is 0 Å². The summed E-state index contributed by atoms with van der Waals surface area (Å²) < 4.78 is 6.91. The van der Waals surface area contributed by atoms with Crippen molar-refractivity contribution in [3.63, 3.8) is 0 Å². The SMILES string of the molecule is CC(C)Cn1nc(C(=O)N(C)Cc2ccccc2N2CCOCC2)c2ccccc2c1=O. The number of morpholine rings is 1. The van der Waals surface area contributed by atoms with Gasteiger partial charge in [-0.15, -0.1) is 0 Å². The topological polar surface area (TPSA) is 67.7 Å². The highest BCUT2D eigenvalue weighted by molar-refractivity contribution is 6.04. The van der Waals surface area contributed by atoms with Gasteiger partial charge in [0.15, 0.2) is 5.69 Å². The number of hydrogen-bond acceptors (Lipinski definition) is 5. The van der Waals surface area contributed by atoms with Gasteiger partial charge in [-0.25, -0.2) is 4.68 Å². The Morgan fingerprint density at radius 1 is 1.06 bits per heavy atom. The summed E-state index contributed by atoms with van der Waals surface area (Å²) in [5.74, 6) is 0.0397. The molecule has 3 aromatic rings. The number of nitrogens with zero attached hydrogens (tertiary/aromatic N) is 4. The highest BCUT2D eigenvalue weighted by Crippen LogP contribution is 2.24. The molecule has 0 saturated carbocycles. The first-order chi connectivity index (χ1) is 15.5. The Kier molecular flexibility index (Phi) is 6.55. The number of ether oxygens (including phenoxy) is 1. The maximum absolute atomic E-state index is 13.5. The molecular weight excluding hydrogens is 404 g/mol. The van der Waals surface area contributed by atoms with E-state index >= 15 is 0 Å². The van der Waals surface area contributed by atoms with E-state index < -0.39 is 0 Å². The molecule has 0 spiro atoms. The summed E-state index contributed by atoms with van der Waals surface area (Å²) in [5.41, 5.74) is 2.35. The summed E-state index contributed by atoms with van der Waals surface area (Å²) in [6, 6.07) is 15.4. The van der Waals surface area contributed by atoms with Crippen LogP contribution in [0.4, 0.5) is 5.69 Å². The summed E-state index contributed by atoms with van der Waals surface area (Å²) >= 11 is 0. The van der Waals surface area contributed by atoms with Crippen LogP contribution in [0.1, 0.15) is 29.9 Å². The molecule has 0 aliphatic carbocycles. The zero-order chi connectivity index (χ0) is 22.7. The van der Waals surface area contributed by atoms with Gasteiger partial charge in [-0.1, -0.05) is 50.2 Å². The average Bonchev–Trinajstić information content (AvgIpc) is 2.81. The van der Waals surface area contributed by atoms with Crippen molar-refractivity contribution in [1.82, 2.24) is 14.7 Å². The zero-order valence-corrected chi connectivity index (χ0v) is 19.0. The minimum absolute atomic E-state index is 0.161. The molecule has 7 heteroatoms. The normalized spacial score (nSPS) is 14.2. The smallest absolute Gasteiger partial charge is 0.274 e. The average molecular weight is 435 g/mol. The van der Waals surface area contributed by atoms with E-state index in [-0.39, 0.29) is 17.4 Å². The molecule has 32 heavy (non-hydrogen) atoms. The first-order valence-corrected chi connectivity index (χ1v) is 11.1. The van der Waals surface area contributed by atoms with Crippen LogP contribution in [0.3, 0.4) is 0 Å². The van der Waals surface area contributed by atoms with Crippen molar-refractivity contribution in [2.24, 2.45) is 5.92 Å². The van der Waals surface area contributed by atoms with Gasteiger partial charge in [0.2, 0.25) is 0 Å². The predicted molar refractivity (Wildman–Crippen MR) is 126 cm³/mol. The van der Waals surface area contributed by atoms with Crippen molar-refractivity contribution in [2.45, 2.75) is 26.9 Å². The lowest BCUT2D eigenvalue weighted by atomic mass is 10.1. The molecule has 0 radical (unpaired) electrons. The lowest BCUT2D eigenvalue weighted by Gasteiger charge is -2.31. The fourth-order valence-electron chi connectivity index (χ4n) is 4.13. The first-order valence-electron chi connectivity index (χ1n) is 11.1. The molecule has 4 rings (SSSR count). The summed E-state index contributed by atoms with van der Waals surface area (Å²) in [4.78, 5) is 30.4. The number of aromatic nitrogens is 2. The van der Waals surface area contributed by atoms with Crippen molar-refractivity contribution in [2.75, 3.05) is 38.3 Å². The maximum atomic E-state index is 13.5. The fourth-order valence-corrected chi connectivity index (χ4v) is 4.13. The van der Waals surface area contributed by atoms with Gasteiger partial charge in [0.1, 0.15) is 0 Å². The van der Waals surface area contributed by atoms with Gasteiger partial charge in [-0.3, -0.25) is 9.59 Å². The van der Waals surface area contributed by atoms with Gasteiger partial charge in [0.25, 0.3) is 11.5 Å². The second-order valence-electron chi connectivity index (χ2n) is 8.66. The van der Waals surface area contributed by atoms with E-state index in [1.165, 1.54) is 4.68 Å². The number of anilines is 1. The second-order valence-corrected chi connectivity index (χ2v) is 8.66. The van der Waals surface area contributed by atoms with Crippen LogP contribution in [0.15, 0.2) is 53.3 Å². The van der Waals surface area contributed by atoms with E-state index in [1.54, 1.807) is 24.1 Å². The molecule has 1 amide bonds. The first kappa shape index (κ1) is 22.0. The van der Waals surface area contributed by atoms with Crippen molar-refractivity contribution in [3.05, 3.63) is 70.1 Å². The monoisotopic (exact) mass is 434 g/mol. The van der Waals surface area contributed by atoms with Gasteiger partial charge >= 0.3 is 0 Å². The molecule has 0 N–H and O–H groups in total. The Bertz CT molecular complexity index is 1170. The van der Waals surface area contributed by atoms with Crippen LogP contribution in [0.2, 0.25) is 0 Å². The largest absolute Gasteiger partial charge is 0.378 e. The number of carbonyl (C=O) groups is 1. The molecule has 1 fully saturated rings. The molecule has 2 aromatic carbocycles. The zero-order valence-electron chi connectivity index (χ0n) is 19.0. The van der Waals surface area contributed by atoms with E-state index in [4.69, 9.17) is 4.74 Å². The van der Waals surface area contributed by atoms with Crippen LogP contribution in [-0.4, -0.2) is 53.9 Å². The van der Waals surface area contributed by atoms with Crippen LogP contribution < -0.4 is 10.5 Å². The lowest BCUT2D eigenvalue weighted by molar-refractivity contribution is 0.0778. The third-order valence-electron chi connectivity index (χ3n) is 5.71. The number of fused-ring (bicyclic) bond motifs is 1. The number of carbonyl (C=O) groups excluding carboxylic acids is 1. The molecule has 1 aromatic heterocycles. The summed E-state index contributed by atoms with van der Waals surface area (Å²) in [7, 11) is 1.78. The number of rotatable bonds is 6. The van der Waals surface area contributed by atoms with Gasteiger partial charge in [0, 0.05) is 44.3 Å². The Morgan fingerprint density at radius 2 is 1.72 bits per heavy atom. The minimum Gasteiger partial charge on any atom is -0.378 e. The number of benzene rings is 2. The van der Waals surface area contributed by atoms with Crippen LogP contribution in [-0.2, 0) is 17.8 Å². The van der Waals surface area contributed by atoms with Crippen LogP contribution in [0.25, 0.3) is 10.8 Å². The van der Waals surface area contributed by atoms with Crippen LogP contribution in [0, 0.1) is 5.92 Å². The van der Waals surface area contributed by atoms with E-state index in [0.717, 1.165) is 24.3 Å². The van der Waals surface area contributed by atoms with Gasteiger partial charge in [-0.05, 0) is 23.6 Å². The third-order valence-corrected chi connectivity index (χ3v) is 5.71. The number of hydrogen-bond donors (Lipinski definition) is 0. The Balaban J connectivity index is 1.67.